The van der Waals surface area contributed by atoms with Gasteiger partial charge in [0.05, 0.1) is 17.8 Å². The summed E-state index contributed by atoms with van der Waals surface area (Å²) in [6.45, 7) is 0.553. The fourth-order valence-electron chi connectivity index (χ4n) is 1.71. The topological polar surface area (TPSA) is 87.0 Å². The van der Waals surface area contributed by atoms with Crippen LogP contribution >= 0.6 is 0 Å². The third-order valence-corrected chi connectivity index (χ3v) is 2.71. The van der Waals surface area contributed by atoms with Gasteiger partial charge in [-0.05, 0) is 24.3 Å². The molecule has 100 valence electrons. The summed E-state index contributed by atoms with van der Waals surface area (Å²) >= 11 is 0. The van der Waals surface area contributed by atoms with Gasteiger partial charge in [-0.2, -0.15) is 5.10 Å². The Labute approximate surface area is 111 Å². The molecule has 0 saturated carbocycles. The van der Waals surface area contributed by atoms with E-state index in [9.17, 15) is 4.79 Å². The van der Waals surface area contributed by atoms with Gasteiger partial charge in [0.15, 0.2) is 0 Å². The molecule has 6 nitrogen and oxygen atoms in total. The van der Waals surface area contributed by atoms with Gasteiger partial charge >= 0.3 is 0 Å². The first kappa shape index (κ1) is 12.9. The molecule has 0 aliphatic carbocycles. The van der Waals surface area contributed by atoms with E-state index in [1.165, 1.54) is 4.90 Å². The molecule has 0 aliphatic rings. The van der Waals surface area contributed by atoms with Crippen LogP contribution in [0.5, 0.6) is 0 Å². The number of aromatic nitrogens is 2. The number of nitrogens with zero attached hydrogens (tertiary/aromatic N) is 2. The monoisotopic (exact) mass is 259 g/mol. The minimum atomic E-state index is -0.0629. The molecule has 1 amide bonds. The number of hydrogen-bond donors (Lipinski definition) is 3. The number of anilines is 2. The van der Waals surface area contributed by atoms with Crippen LogP contribution in [-0.4, -0.2) is 35.1 Å². The molecule has 0 aliphatic heterocycles. The molecule has 4 N–H and O–H groups in total. The highest BCUT2D eigenvalue weighted by Gasteiger charge is 2.13. The molecule has 1 aromatic heterocycles. The zero-order valence-corrected chi connectivity index (χ0v) is 11.0. The van der Waals surface area contributed by atoms with Crippen molar-refractivity contribution in [1.82, 2.24) is 15.1 Å². The summed E-state index contributed by atoms with van der Waals surface area (Å²) < 4.78 is 0. The molecule has 1 heterocycles. The summed E-state index contributed by atoms with van der Waals surface area (Å²) in [5.74, 6) is -0.0629. The van der Waals surface area contributed by atoms with Crippen molar-refractivity contribution >= 4 is 17.3 Å². The van der Waals surface area contributed by atoms with Crippen LogP contribution in [0.4, 0.5) is 11.4 Å². The zero-order valence-electron chi connectivity index (χ0n) is 11.0. The van der Waals surface area contributed by atoms with Gasteiger partial charge in [-0.1, -0.05) is 0 Å². The largest absolute Gasteiger partial charge is 0.399 e. The molecule has 2 aromatic rings. The smallest absolute Gasteiger partial charge is 0.255 e. The predicted octanol–water partition coefficient (Wildman–Crippen LogP) is 1.31. The Morgan fingerprint density at radius 1 is 1.42 bits per heavy atom. The fourth-order valence-corrected chi connectivity index (χ4v) is 1.71. The highest BCUT2D eigenvalue weighted by molar-refractivity contribution is 5.99. The van der Waals surface area contributed by atoms with E-state index in [1.54, 1.807) is 38.5 Å². The van der Waals surface area contributed by atoms with Crippen LogP contribution < -0.4 is 11.1 Å². The van der Waals surface area contributed by atoms with Crippen LogP contribution in [0.2, 0.25) is 0 Å². The number of aromatic amines is 1. The van der Waals surface area contributed by atoms with Crippen LogP contribution in [0.25, 0.3) is 0 Å². The number of carbonyl (C=O) groups is 1. The van der Waals surface area contributed by atoms with Crippen molar-refractivity contribution in [2.75, 3.05) is 25.1 Å². The van der Waals surface area contributed by atoms with Gasteiger partial charge in [-0.15, -0.1) is 0 Å². The normalized spacial score (nSPS) is 10.2. The molecule has 0 bridgehead atoms. The van der Waals surface area contributed by atoms with Gasteiger partial charge in [0.2, 0.25) is 0 Å². The van der Waals surface area contributed by atoms with Gasteiger partial charge < -0.3 is 16.0 Å². The number of nitrogens with one attached hydrogen (secondary N) is 2. The summed E-state index contributed by atoms with van der Waals surface area (Å²) in [5.41, 5.74) is 8.63. The minimum absolute atomic E-state index is 0.0629. The Morgan fingerprint density at radius 3 is 2.84 bits per heavy atom. The summed E-state index contributed by atoms with van der Waals surface area (Å²) in [6.07, 6.45) is 1.68. The molecule has 1 aromatic carbocycles. The maximum absolute atomic E-state index is 12.1. The average Bonchev–Trinajstić information content (AvgIpc) is 2.88. The molecule has 0 radical (unpaired) electrons. The third-order valence-electron chi connectivity index (χ3n) is 2.71. The highest BCUT2D eigenvalue weighted by Crippen LogP contribution is 2.21. The van der Waals surface area contributed by atoms with Crippen molar-refractivity contribution in [2.45, 2.75) is 6.54 Å². The first-order chi connectivity index (χ1) is 9.08. The van der Waals surface area contributed by atoms with Crippen LogP contribution in [0.1, 0.15) is 16.1 Å². The molecular formula is C13H17N5O. The Balaban J connectivity index is 2.22. The Bertz CT molecular complexity index is 562. The summed E-state index contributed by atoms with van der Waals surface area (Å²) in [5, 5.41) is 9.92. The third kappa shape index (κ3) is 3.04. The lowest BCUT2D eigenvalue weighted by molar-refractivity contribution is 0.0828. The Morgan fingerprint density at radius 2 is 2.21 bits per heavy atom. The fraction of sp³-hybridized carbons (Fsp3) is 0.231. The standard InChI is InChI=1S/C13H17N5O/c1-18(2)13(19)11-4-3-9(14)7-12(11)15-8-10-5-6-16-17-10/h3-7,15H,8,14H2,1-2H3,(H,16,17). The van der Waals surface area contributed by atoms with Crippen molar-refractivity contribution in [3.05, 3.63) is 41.7 Å². The number of benzene rings is 1. The maximum Gasteiger partial charge on any atom is 0.255 e. The summed E-state index contributed by atoms with van der Waals surface area (Å²) in [6, 6.07) is 7.07. The summed E-state index contributed by atoms with van der Waals surface area (Å²) in [7, 11) is 3.44. The molecule has 0 saturated heterocycles. The lowest BCUT2D eigenvalue weighted by Crippen LogP contribution is -2.23. The number of carbonyl (C=O) groups excluding carboxylic acids is 1. The lowest BCUT2D eigenvalue weighted by atomic mass is 10.1. The number of nitrogen functional groups attached to an aromatic ring is 1. The van der Waals surface area contributed by atoms with E-state index in [0.717, 1.165) is 5.69 Å². The van der Waals surface area contributed by atoms with Crippen LogP contribution in [0.15, 0.2) is 30.5 Å². The average molecular weight is 259 g/mol. The van der Waals surface area contributed by atoms with E-state index in [4.69, 9.17) is 5.73 Å². The number of rotatable bonds is 4. The van der Waals surface area contributed by atoms with E-state index >= 15 is 0 Å². The second-order valence-electron chi connectivity index (χ2n) is 4.44. The van der Waals surface area contributed by atoms with Crippen molar-refractivity contribution in [2.24, 2.45) is 0 Å². The van der Waals surface area contributed by atoms with Gasteiger partial charge in [-0.25, -0.2) is 0 Å². The van der Waals surface area contributed by atoms with E-state index < -0.39 is 0 Å². The first-order valence-electron chi connectivity index (χ1n) is 5.91. The van der Waals surface area contributed by atoms with Crippen molar-refractivity contribution in [1.29, 1.82) is 0 Å². The molecule has 2 rings (SSSR count). The van der Waals surface area contributed by atoms with Gasteiger partial charge in [0, 0.05) is 31.7 Å². The van der Waals surface area contributed by atoms with E-state index in [0.29, 0.717) is 23.5 Å². The Hall–Kier alpha value is -2.50. The molecule has 0 fully saturated rings. The van der Waals surface area contributed by atoms with Crippen molar-refractivity contribution < 1.29 is 4.79 Å². The molecule has 6 heteroatoms. The lowest BCUT2D eigenvalue weighted by Gasteiger charge is -2.15. The summed E-state index contributed by atoms with van der Waals surface area (Å²) in [4.78, 5) is 13.6. The maximum atomic E-state index is 12.1. The van der Waals surface area contributed by atoms with Gasteiger partial charge in [0.25, 0.3) is 5.91 Å². The van der Waals surface area contributed by atoms with Crippen LogP contribution in [-0.2, 0) is 6.54 Å². The number of nitrogens with two attached hydrogens (primary N) is 1. The van der Waals surface area contributed by atoms with Crippen LogP contribution in [0.3, 0.4) is 0 Å². The van der Waals surface area contributed by atoms with Crippen molar-refractivity contribution in [3.63, 3.8) is 0 Å². The van der Waals surface area contributed by atoms with Gasteiger partial charge in [0.1, 0.15) is 0 Å². The second-order valence-corrected chi connectivity index (χ2v) is 4.44. The molecule has 19 heavy (non-hydrogen) atoms. The molecule has 0 spiro atoms. The highest BCUT2D eigenvalue weighted by atomic mass is 16.2. The Kier molecular flexibility index (Phi) is 3.70. The van der Waals surface area contributed by atoms with E-state index in [-0.39, 0.29) is 5.91 Å². The number of amides is 1. The SMILES string of the molecule is CN(C)C(=O)c1ccc(N)cc1NCc1ccn[nH]1. The zero-order chi connectivity index (χ0) is 13.8. The quantitative estimate of drug-likeness (QED) is 0.722. The second kappa shape index (κ2) is 5.43. The van der Waals surface area contributed by atoms with Crippen LogP contribution in [0, 0.1) is 0 Å². The first-order valence-corrected chi connectivity index (χ1v) is 5.91. The molecular weight excluding hydrogens is 242 g/mol. The number of hydrogen-bond acceptors (Lipinski definition) is 4. The number of H-pyrrole nitrogens is 1. The van der Waals surface area contributed by atoms with Gasteiger partial charge in [-0.3, -0.25) is 9.89 Å². The molecule has 0 unspecified atom stereocenters. The predicted molar refractivity (Wildman–Crippen MR) is 74.8 cm³/mol. The molecule has 0 atom stereocenters. The van der Waals surface area contributed by atoms with E-state index in [2.05, 4.69) is 15.5 Å². The van der Waals surface area contributed by atoms with E-state index in [1.807, 2.05) is 6.07 Å². The minimum Gasteiger partial charge on any atom is -0.399 e. The van der Waals surface area contributed by atoms with Crippen molar-refractivity contribution in [3.8, 4) is 0 Å².